The van der Waals surface area contributed by atoms with E-state index in [4.69, 9.17) is 4.74 Å². The largest absolute Gasteiger partial charge is 0.371 e. The molecular weight excluding hydrogens is 250 g/mol. The first-order valence-corrected chi connectivity index (χ1v) is 7.49. The molecule has 112 valence electrons. The molecule has 1 atom stereocenters. The average molecular weight is 277 g/mol. The van der Waals surface area contributed by atoms with Gasteiger partial charge in [0.05, 0.1) is 0 Å². The molecule has 0 radical (unpaired) electrons. The zero-order chi connectivity index (χ0) is 14.9. The predicted molar refractivity (Wildman–Crippen MR) is 81.0 cm³/mol. The second-order valence-corrected chi connectivity index (χ2v) is 6.43. The Labute approximate surface area is 122 Å². The van der Waals surface area contributed by atoms with E-state index in [9.17, 15) is 0 Å². The second kappa shape index (κ2) is 5.78. The summed E-state index contributed by atoms with van der Waals surface area (Å²) in [7, 11) is 1.70. The first-order valence-electron chi connectivity index (χ1n) is 7.49. The van der Waals surface area contributed by atoms with Crippen LogP contribution in [0, 0.1) is 13.8 Å². The van der Waals surface area contributed by atoms with E-state index in [1.165, 1.54) is 18.4 Å². The standard InChI is InChI=1S/C16H27N3O/c1-10(9-17-13-7-8-13)14-11(2)18-15(19-12(14)3)16(4,5)20-6/h10,13,17H,7-9H2,1-6H3. The molecule has 0 amide bonds. The molecule has 4 nitrogen and oxygen atoms in total. The fraction of sp³-hybridized carbons (Fsp3) is 0.750. The normalized spacial score (nSPS) is 17.3. The Kier molecular flexibility index (Phi) is 4.45. The highest BCUT2D eigenvalue weighted by molar-refractivity contribution is 5.29. The van der Waals surface area contributed by atoms with Crippen molar-refractivity contribution in [1.29, 1.82) is 0 Å². The first kappa shape index (κ1) is 15.4. The van der Waals surface area contributed by atoms with Crippen molar-refractivity contribution in [3.63, 3.8) is 0 Å². The van der Waals surface area contributed by atoms with Crippen molar-refractivity contribution in [2.75, 3.05) is 13.7 Å². The molecule has 0 aliphatic heterocycles. The van der Waals surface area contributed by atoms with Crippen LogP contribution in [0.3, 0.4) is 0 Å². The van der Waals surface area contributed by atoms with Gasteiger partial charge < -0.3 is 10.1 Å². The minimum Gasteiger partial charge on any atom is -0.371 e. The summed E-state index contributed by atoms with van der Waals surface area (Å²) < 4.78 is 5.48. The van der Waals surface area contributed by atoms with Gasteiger partial charge in [-0.2, -0.15) is 0 Å². The fourth-order valence-electron chi connectivity index (χ4n) is 2.53. The highest BCUT2D eigenvalue weighted by Gasteiger charge is 2.26. The summed E-state index contributed by atoms with van der Waals surface area (Å²) in [5, 5.41) is 3.59. The summed E-state index contributed by atoms with van der Waals surface area (Å²) in [5.41, 5.74) is 2.98. The summed E-state index contributed by atoms with van der Waals surface area (Å²) in [4.78, 5) is 9.35. The van der Waals surface area contributed by atoms with Crippen LogP contribution in [0.1, 0.15) is 62.3 Å². The Balaban J connectivity index is 2.21. The molecule has 1 heterocycles. The molecule has 1 aromatic heterocycles. The van der Waals surface area contributed by atoms with Crippen LogP contribution in [0.4, 0.5) is 0 Å². The van der Waals surface area contributed by atoms with E-state index in [-0.39, 0.29) is 0 Å². The van der Waals surface area contributed by atoms with Gasteiger partial charge in [0, 0.05) is 31.1 Å². The molecule has 1 unspecified atom stereocenters. The van der Waals surface area contributed by atoms with E-state index in [2.05, 4.69) is 36.1 Å². The molecule has 0 bridgehead atoms. The lowest BCUT2D eigenvalue weighted by molar-refractivity contribution is 0.0111. The molecule has 0 spiro atoms. The zero-order valence-electron chi connectivity index (χ0n) is 13.6. The SMILES string of the molecule is COC(C)(C)c1nc(C)c(C(C)CNC2CC2)c(C)n1. The highest BCUT2D eigenvalue weighted by atomic mass is 16.5. The first-order chi connectivity index (χ1) is 9.35. The smallest absolute Gasteiger partial charge is 0.160 e. The van der Waals surface area contributed by atoms with Gasteiger partial charge in [-0.25, -0.2) is 9.97 Å². The number of nitrogens with zero attached hydrogens (tertiary/aromatic N) is 2. The number of hydrogen-bond acceptors (Lipinski definition) is 4. The lowest BCUT2D eigenvalue weighted by Gasteiger charge is -2.24. The van der Waals surface area contributed by atoms with Gasteiger partial charge in [0.15, 0.2) is 5.82 Å². The third-order valence-electron chi connectivity index (χ3n) is 4.16. The zero-order valence-corrected chi connectivity index (χ0v) is 13.6. The molecule has 1 fully saturated rings. The van der Waals surface area contributed by atoms with Gasteiger partial charge in [-0.1, -0.05) is 6.92 Å². The van der Waals surface area contributed by atoms with E-state index in [0.717, 1.165) is 29.8 Å². The number of rotatable bonds is 6. The van der Waals surface area contributed by atoms with E-state index >= 15 is 0 Å². The van der Waals surface area contributed by atoms with Gasteiger partial charge in [-0.3, -0.25) is 0 Å². The van der Waals surface area contributed by atoms with Gasteiger partial charge in [0.1, 0.15) is 5.60 Å². The molecule has 0 aromatic carbocycles. The molecule has 20 heavy (non-hydrogen) atoms. The minimum atomic E-state index is -0.441. The molecule has 1 N–H and O–H groups in total. The summed E-state index contributed by atoms with van der Waals surface area (Å²) >= 11 is 0. The third-order valence-corrected chi connectivity index (χ3v) is 4.16. The lowest BCUT2D eigenvalue weighted by atomic mass is 9.97. The van der Waals surface area contributed by atoms with Crippen LogP contribution in [0.15, 0.2) is 0 Å². The molecule has 4 heteroatoms. The molecule has 0 saturated heterocycles. The van der Waals surface area contributed by atoms with Crippen LogP contribution in [0.5, 0.6) is 0 Å². The number of aromatic nitrogens is 2. The number of nitrogens with one attached hydrogen (secondary N) is 1. The summed E-state index contributed by atoms with van der Waals surface area (Å²) in [6, 6.07) is 0.741. The topological polar surface area (TPSA) is 47.0 Å². The van der Waals surface area contributed by atoms with Gasteiger partial charge in [-0.15, -0.1) is 0 Å². The van der Waals surface area contributed by atoms with E-state index in [0.29, 0.717) is 5.92 Å². The molecule has 1 aliphatic rings. The Bertz CT molecular complexity index is 458. The van der Waals surface area contributed by atoms with Crippen molar-refractivity contribution < 1.29 is 4.74 Å². The van der Waals surface area contributed by atoms with Crippen LogP contribution in [0.25, 0.3) is 0 Å². The summed E-state index contributed by atoms with van der Waals surface area (Å²) in [6.45, 7) is 11.4. The molecule has 2 rings (SSSR count). The monoisotopic (exact) mass is 277 g/mol. The third kappa shape index (κ3) is 3.36. The molecule has 1 saturated carbocycles. The molecular formula is C16H27N3O. The van der Waals surface area contributed by atoms with E-state index in [1.54, 1.807) is 7.11 Å². The van der Waals surface area contributed by atoms with Crippen LogP contribution >= 0.6 is 0 Å². The second-order valence-electron chi connectivity index (χ2n) is 6.43. The number of hydrogen-bond donors (Lipinski definition) is 1. The summed E-state index contributed by atoms with van der Waals surface area (Å²) in [6.07, 6.45) is 2.64. The highest BCUT2D eigenvalue weighted by Crippen LogP contribution is 2.27. The van der Waals surface area contributed by atoms with Gasteiger partial charge in [0.25, 0.3) is 0 Å². The molecule has 1 aliphatic carbocycles. The maximum absolute atomic E-state index is 5.48. The van der Waals surface area contributed by atoms with Gasteiger partial charge in [0.2, 0.25) is 0 Å². The van der Waals surface area contributed by atoms with Crippen LogP contribution in [-0.4, -0.2) is 29.7 Å². The maximum Gasteiger partial charge on any atom is 0.160 e. The van der Waals surface area contributed by atoms with Crippen molar-refractivity contribution in [3.8, 4) is 0 Å². The number of aryl methyl sites for hydroxylation is 2. The van der Waals surface area contributed by atoms with Crippen molar-refractivity contribution in [2.45, 2.75) is 65.0 Å². The Morgan fingerprint density at radius 3 is 2.25 bits per heavy atom. The summed E-state index contributed by atoms with van der Waals surface area (Å²) in [5.74, 6) is 1.21. The molecule has 1 aromatic rings. The minimum absolute atomic E-state index is 0.440. The Hall–Kier alpha value is -1.00. The van der Waals surface area contributed by atoms with Crippen molar-refractivity contribution in [2.24, 2.45) is 0 Å². The number of methoxy groups -OCH3 is 1. The van der Waals surface area contributed by atoms with Crippen LogP contribution < -0.4 is 5.32 Å². The Morgan fingerprint density at radius 2 is 1.80 bits per heavy atom. The van der Waals surface area contributed by atoms with Crippen LogP contribution in [-0.2, 0) is 10.3 Å². The quantitative estimate of drug-likeness (QED) is 0.868. The van der Waals surface area contributed by atoms with Gasteiger partial charge >= 0.3 is 0 Å². The van der Waals surface area contributed by atoms with Gasteiger partial charge in [-0.05, 0) is 52.0 Å². The van der Waals surface area contributed by atoms with Crippen LogP contribution in [0.2, 0.25) is 0 Å². The predicted octanol–water partition coefficient (Wildman–Crippen LogP) is 2.83. The van der Waals surface area contributed by atoms with Crippen molar-refractivity contribution in [1.82, 2.24) is 15.3 Å². The lowest BCUT2D eigenvalue weighted by Crippen LogP contribution is -2.27. The average Bonchev–Trinajstić information content (AvgIpc) is 3.19. The van der Waals surface area contributed by atoms with Crippen molar-refractivity contribution in [3.05, 3.63) is 22.8 Å². The number of ether oxygens (including phenoxy) is 1. The van der Waals surface area contributed by atoms with Crippen molar-refractivity contribution >= 4 is 0 Å². The van der Waals surface area contributed by atoms with E-state index in [1.807, 2.05) is 13.8 Å². The maximum atomic E-state index is 5.48. The van der Waals surface area contributed by atoms with E-state index < -0.39 is 5.60 Å². The Morgan fingerprint density at radius 1 is 1.25 bits per heavy atom. The fourth-order valence-corrected chi connectivity index (χ4v) is 2.53.